The summed E-state index contributed by atoms with van der Waals surface area (Å²) in [6, 6.07) is 5.01. The lowest BCUT2D eigenvalue weighted by molar-refractivity contribution is 0.762. The highest BCUT2D eigenvalue weighted by Crippen LogP contribution is 2.74. The average molecular weight is 502 g/mol. The molecule has 1 aromatic carbocycles. The Hall–Kier alpha value is 0.369. The molecule has 2 aliphatic heterocycles. The predicted molar refractivity (Wildman–Crippen MR) is 159 cm³/mol. The molecule has 0 N–H and O–H groups in total. The zero-order chi connectivity index (χ0) is 24.0. The first-order valence-electron chi connectivity index (χ1n) is 12.7. The van der Waals surface area contributed by atoms with Crippen LogP contribution in [0.15, 0.2) is 12.1 Å². The second-order valence-corrected chi connectivity index (χ2v) is 42.2. The maximum atomic E-state index is 2.85. The standard InChI is InChI=1S/C25H50BSi5/c1-20-17-21(2)23(22(3)18-20)26-19-31(13,14)25(30(10,11)12)16-15-24(27(25)26,28(4,5)6)29(7,8)9/h17-18H,15-16,19H2,1-14H3/t25-/m0/s1. The number of aryl methyl sites for hydroxylation is 3. The monoisotopic (exact) mass is 501 g/mol. The molecule has 2 fully saturated rings. The van der Waals surface area contributed by atoms with E-state index < -0.39 is 41.0 Å². The summed E-state index contributed by atoms with van der Waals surface area (Å²) >= 11 is 0. The molecule has 0 saturated carbocycles. The van der Waals surface area contributed by atoms with Gasteiger partial charge in [0.1, 0.15) is 0 Å². The molecule has 3 rings (SSSR count). The fraction of sp³-hybridized carbons (Fsp3) is 0.760. The molecule has 0 aromatic heterocycles. The normalized spacial score (nSPS) is 26.5. The van der Waals surface area contributed by atoms with E-state index in [1.54, 1.807) is 29.9 Å². The van der Waals surface area contributed by atoms with Gasteiger partial charge in [-0.1, -0.05) is 125 Å². The molecule has 0 spiro atoms. The Bertz CT molecular complexity index is 834. The van der Waals surface area contributed by atoms with E-state index in [9.17, 15) is 0 Å². The Morgan fingerprint density at radius 1 is 0.774 bits per heavy atom. The quantitative estimate of drug-likeness (QED) is 0.373. The first-order valence-corrected chi connectivity index (χ1v) is 28.0. The van der Waals surface area contributed by atoms with Gasteiger partial charge in [-0.2, -0.15) is 0 Å². The molecule has 2 aliphatic rings. The minimum absolute atomic E-state index is 0.554. The minimum Gasteiger partial charge on any atom is -0.0778 e. The van der Waals surface area contributed by atoms with Crippen LogP contribution >= 0.6 is 0 Å². The van der Waals surface area contributed by atoms with Crippen molar-refractivity contribution in [1.29, 1.82) is 0 Å². The maximum absolute atomic E-state index is 2.85. The highest BCUT2D eigenvalue weighted by molar-refractivity contribution is 7.49. The molecule has 2 saturated heterocycles. The van der Waals surface area contributed by atoms with Crippen LogP contribution in [-0.2, 0) is 0 Å². The fourth-order valence-electron chi connectivity index (χ4n) is 9.56. The van der Waals surface area contributed by atoms with Crippen LogP contribution in [0.4, 0.5) is 0 Å². The smallest absolute Gasteiger partial charge is 0.0778 e. The van der Waals surface area contributed by atoms with Gasteiger partial charge in [0.05, 0.1) is 0 Å². The number of benzene rings is 1. The van der Waals surface area contributed by atoms with E-state index in [2.05, 4.69) is 105 Å². The van der Waals surface area contributed by atoms with Crippen LogP contribution in [-0.4, -0.2) is 47.3 Å². The highest BCUT2D eigenvalue weighted by atomic mass is 28.5. The largest absolute Gasteiger partial charge is 0.164 e. The van der Waals surface area contributed by atoms with Crippen LogP contribution in [0.5, 0.6) is 0 Å². The molecule has 0 bridgehead atoms. The van der Waals surface area contributed by atoms with Crippen molar-refractivity contribution < 1.29 is 0 Å². The van der Waals surface area contributed by atoms with Gasteiger partial charge >= 0.3 is 0 Å². The molecule has 1 radical (unpaired) electrons. The van der Waals surface area contributed by atoms with Gasteiger partial charge in [-0.15, -0.1) is 0 Å². The van der Waals surface area contributed by atoms with Crippen molar-refractivity contribution >= 4 is 52.7 Å². The molecular formula is C25H50BSi5. The van der Waals surface area contributed by atoms with E-state index >= 15 is 0 Å². The third-order valence-corrected chi connectivity index (χ3v) is 47.1. The third kappa shape index (κ3) is 3.43. The first kappa shape index (κ1) is 26.0. The van der Waals surface area contributed by atoms with Crippen molar-refractivity contribution in [2.75, 3.05) is 0 Å². The highest BCUT2D eigenvalue weighted by Gasteiger charge is 2.78. The third-order valence-electron chi connectivity index (χ3n) is 9.94. The molecule has 0 amide bonds. The van der Waals surface area contributed by atoms with Crippen molar-refractivity contribution in [3.8, 4) is 0 Å². The molecule has 2 heterocycles. The zero-order valence-corrected chi connectivity index (χ0v) is 28.4. The van der Waals surface area contributed by atoms with Crippen LogP contribution in [0, 0.1) is 20.8 Å². The van der Waals surface area contributed by atoms with Crippen LogP contribution in [0.2, 0.25) is 86.5 Å². The van der Waals surface area contributed by atoms with E-state index in [0.717, 1.165) is 14.9 Å². The Morgan fingerprint density at radius 3 is 1.61 bits per heavy atom. The van der Waals surface area contributed by atoms with E-state index in [1.807, 2.05) is 5.46 Å². The topological polar surface area (TPSA) is 0 Å². The van der Waals surface area contributed by atoms with Crippen molar-refractivity contribution in [1.82, 2.24) is 0 Å². The van der Waals surface area contributed by atoms with Crippen LogP contribution in [0.3, 0.4) is 0 Å². The fourth-order valence-corrected chi connectivity index (χ4v) is 56.9. The van der Waals surface area contributed by atoms with Crippen molar-refractivity contribution in [3.05, 3.63) is 28.8 Å². The molecule has 31 heavy (non-hydrogen) atoms. The van der Waals surface area contributed by atoms with Gasteiger partial charge in [-0.25, -0.2) is 0 Å². The minimum atomic E-state index is -1.36. The van der Waals surface area contributed by atoms with E-state index in [-0.39, 0.29) is 0 Å². The summed E-state index contributed by atoms with van der Waals surface area (Å²) in [4.78, 5) is 0. The van der Waals surface area contributed by atoms with Gasteiger partial charge in [0.25, 0.3) is 0 Å². The molecule has 1 aromatic rings. The molecular weight excluding hydrogens is 452 g/mol. The summed E-state index contributed by atoms with van der Waals surface area (Å²) in [6.07, 6.45) is 4.10. The van der Waals surface area contributed by atoms with Crippen LogP contribution in [0.25, 0.3) is 0 Å². The molecule has 1 atom stereocenters. The van der Waals surface area contributed by atoms with E-state index in [0.29, 0.717) is 0 Å². The van der Waals surface area contributed by atoms with Gasteiger partial charge in [0, 0.05) is 41.0 Å². The Morgan fingerprint density at radius 2 is 1.23 bits per heavy atom. The summed E-state index contributed by atoms with van der Waals surface area (Å²) < 4.78 is 1.54. The predicted octanol–water partition coefficient (Wildman–Crippen LogP) is 7.59. The molecule has 0 nitrogen and oxygen atoms in total. The Balaban J connectivity index is 2.44. The lowest BCUT2D eigenvalue weighted by Gasteiger charge is -2.59. The van der Waals surface area contributed by atoms with Gasteiger partial charge < -0.3 is 0 Å². The van der Waals surface area contributed by atoms with Gasteiger partial charge in [-0.05, 0) is 29.3 Å². The lowest BCUT2D eigenvalue weighted by Crippen LogP contribution is -2.70. The zero-order valence-electron chi connectivity index (χ0n) is 23.4. The van der Waals surface area contributed by atoms with Crippen LogP contribution < -0.4 is 5.46 Å². The molecule has 173 valence electrons. The van der Waals surface area contributed by atoms with Crippen molar-refractivity contribution in [2.24, 2.45) is 0 Å². The number of rotatable bonds is 4. The van der Waals surface area contributed by atoms with Crippen molar-refractivity contribution in [3.63, 3.8) is 0 Å². The van der Waals surface area contributed by atoms with Gasteiger partial charge in [0.15, 0.2) is 6.31 Å². The number of hydrogen-bond acceptors (Lipinski definition) is 0. The average Bonchev–Trinajstić information content (AvgIpc) is 2.99. The SMILES string of the molecule is Cc1cc(C)c(B2C[Si](C)(C)[C@@]3([Si](C)(C)C)CCC([Si](C)(C)C)([Si](C)(C)C)[Si]23)c(C)c1. The number of hydrogen-bond donors (Lipinski definition) is 0. The Kier molecular flexibility index (Phi) is 6.23. The van der Waals surface area contributed by atoms with E-state index in [1.165, 1.54) is 5.56 Å². The second-order valence-electron chi connectivity index (χ2n) is 14.9. The van der Waals surface area contributed by atoms with Crippen molar-refractivity contribution in [2.45, 2.75) is 120 Å². The summed E-state index contributed by atoms with van der Waals surface area (Å²) in [5, 5.41) is 0. The lowest BCUT2D eigenvalue weighted by atomic mass is 9.65. The second kappa shape index (κ2) is 7.43. The van der Waals surface area contributed by atoms with E-state index in [4.69, 9.17) is 0 Å². The molecule has 0 aliphatic carbocycles. The summed E-state index contributed by atoms with van der Waals surface area (Å²) in [5.41, 5.74) is 6.50. The molecule has 6 heteroatoms. The van der Waals surface area contributed by atoms with Crippen LogP contribution in [0.1, 0.15) is 29.5 Å². The molecule has 0 unspecified atom stereocenters. The summed E-state index contributed by atoms with van der Waals surface area (Å²) in [6.45, 7) is 37.9. The van der Waals surface area contributed by atoms with Gasteiger partial charge in [0.2, 0.25) is 0 Å². The maximum Gasteiger partial charge on any atom is 0.164 e. The Labute approximate surface area is 201 Å². The summed E-state index contributed by atoms with van der Waals surface area (Å²) in [5.74, 6) is 1.58. The number of fused-ring (bicyclic) bond motifs is 1. The van der Waals surface area contributed by atoms with Gasteiger partial charge in [-0.3, -0.25) is 0 Å². The first-order chi connectivity index (χ1) is 13.7. The summed E-state index contributed by atoms with van der Waals surface area (Å²) in [7, 11) is -5.94.